The summed E-state index contributed by atoms with van der Waals surface area (Å²) in [6.45, 7) is 4.94. The molecule has 1 N–H and O–H groups in total. The molecule has 138 valence electrons. The Labute approximate surface area is 141 Å². The fourth-order valence-corrected chi connectivity index (χ4v) is 2.01. The van der Waals surface area contributed by atoms with E-state index in [1.54, 1.807) is 20.8 Å². The number of nitrogens with zero attached hydrogens (tertiary/aromatic N) is 4. The molecule has 2 aromatic heterocycles. The summed E-state index contributed by atoms with van der Waals surface area (Å²) in [7, 11) is 1.23. The van der Waals surface area contributed by atoms with E-state index in [4.69, 9.17) is 4.74 Å². The number of halogens is 4. The Kier molecular flexibility index (Phi) is 5.05. The fraction of sp³-hybridized carbons (Fsp3) is 0.467. The third kappa shape index (κ3) is 4.67. The Balaban J connectivity index is 2.46. The highest BCUT2D eigenvalue weighted by atomic mass is 19.4. The van der Waals surface area contributed by atoms with Gasteiger partial charge in [0, 0.05) is 24.9 Å². The van der Waals surface area contributed by atoms with Crippen molar-refractivity contribution in [2.24, 2.45) is 0 Å². The maximum atomic E-state index is 13.3. The molecule has 0 aliphatic carbocycles. The number of pyridine rings is 1. The largest absolute Gasteiger partial charge is 0.506 e. The predicted octanol–water partition coefficient (Wildman–Crippen LogP) is 3.09. The minimum absolute atomic E-state index is 0.0730. The van der Waals surface area contributed by atoms with Crippen molar-refractivity contribution < 1.29 is 27.4 Å². The molecule has 2 rings (SSSR count). The van der Waals surface area contributed by atoms with E-state index in [9.17, 15) is 22.7 Å². The van der Waals surface area contributed by atoms with E-state index in [-0.39, 0.29) is 15.9 Å². The maximum Gasteiger partial charge on any atom is 0.506 e. The Hall–Kier alpha value is -2.20. The highest BCUT2D eigenvalue weighted by molar-refractivity contribution is 5.62. The zero-order valence-electron chi connectivity index (χ0n) is 14.0. The summed E-state index contributed by atoms with van der Waals surface area (Å²) in [6, 6.07) is 2.08. The van der Waals surface area contributed by atoms with Gasteiger partial charge in [0.25, 0.3) is 0 Å². The first-order chi connectivity index (χ1) is 11.4. The van der Waals surface area contributed by atoms with Crippen LogP contribution in [0.1, 0.15) is 20.8 Å². The van der Waals surface area contributed by atoms with E-state index in [2.05, 4.69) is 10.1 Å². The van der Waals surface area contributed by atoms with Crippen molar-refractivity contribution in [3.8, 4) is 11.3 Å². The number of ether oxygens (including phenoxy) is 1. The van der Waals surface area contributed by atoms with Crippen molar-refractivity contribution >= 4 is 5.82 Å². The molecule has 6 nitrogen and oxygen atoms in total. The Morgan fingerprint density at radius 1 is 1.20 bits per heavy atom. The summed E-state index contributed by atoms with van der Waals surface area (Å²) >= 11 is 0. The molecular formula is C15H18F4N4O2. The number of hydrogen-bond acceptors (Lipinski definition) is 5. The van der Waals surface area contributed by atoms with Gasteiger partial charge >= 0.3 is 6.30 Å². The maximum absolute atomic E-state index is 13.3. The number of rotatable bonds is 4. The molecule has 0 aliphatic rings. The summed E-state index contributed by atoms with van der Waals surface area (Å²) in [5, 5.41) is 13.5. The van der Waals surface area contributed by atoms with Crippen molar-refractivity contribution in [2.45, 2.75) is 39.1 Å². The van der Waals surface area contributed by atoms with Crippen LogP contribution in [0.4, 0.5) is 23.4 Å². The molecule has 2 aromatic rings. The second kappa shape index (κ2) is 6.60. The van der Waals surface area contributed by atoms with Gasteiger partial charge in [0.15, 0.2) is 0 Å². The number of aromatic nitrogens is 3. The van der Waals surface area contributed by atoms with E-state index in [1.807, 2.05) is 0 Å². The zero-order valence-corrected chi connectivity index (χ0v) is 14.0. The second-order valence-electron chi connectivity index (χ2n) is 6.33. The summed E-state index contributed by atoms with van der Waals surface area (Å²) < 4.78 is 58.2. The van der Waals surface area contributed by atoms with Crippen molar-refractivity contribution in [3.05, 3.63) is 30.3 Å². The molecule has 0 saturated carbocycles. The van der Waals surface area contributed by atoms with Gasteiger partial charge in [-0.15, -0.1) is 13.2 Å². The summed E-state index contributed by atoms with van der Waals surface area (Å²) in [5.74, 6) is -1.17. The minimum atomic E-state index is -4.84. The molecule has 0 bridgehead atoms. The smallest absolute Gasteiger partial charge is 0.351 e. The zero-order chi connectivity index (χ0) is 19.0. The van der Waals surface area contributed by atoms with Gasteiger partial charge in [0.2, 0.25) is 6.41 Å². The van der Waals surface area contributed by atoms with Crippen LogP contribution in [-0.4, -0.2) is 38.9 Å². The van der Waals surface area contributed by atoms with Crippen molar-refractivity contribution in [2.75, 3.05) is 11.9 Å². The fourth-order valence-electron chi connectivity index (χ4n) is 2.01. The first-order valence-electron chi connectivity index (χ1n) is 7.25. The Morgan fingerprint density at radius 3 is 2.36 bits per heavy atom. The van der Waals surface area contributed by atoms with Crippen LogP contribution in [0.3, 0.4) is 0 Å². The Bertz CT molecular complexity index is 740. The lowest BCUT2D eigenvalue weighted by Gasteiger charge is -2.31. The van der Waals surface area contributed by atoms with Crippen LogP contribution in [-0.2, 0) is 11.0 Å². The van der Waals surface area contributed by atoms with Crippen LogP contribution >= 0.6 is 0 Å². The highest BCUT2D eigenvalue weighted by Crippen LogP contribution is 2.33. The van der Waals surface area contributed by atoms with Crippen LogP contribution in [0.25, 0.3) is 11.3 Å². The minimum Gasteiger partial charge on any atom is -0.351 e. The van der Waals surface area contributed by atoms with E-state index < -0.39 is 30.0 Å². The Morgan fingerprint density at radius 2 is 1.84 bits per heavy atom. The molecule has 0 amide bonds. The van der Waals surface area contributed by atoms with E-state index >= 15 is 0 Å². The van der Waals surface area contributed by atoms with Gasteiger partial charge in [0.05, 0.1) is 17.5 Å². The van der Waals surface area contributed by atoms with Crippen LogP contribution in [0.5, 0.6) is 0 Å². The van der Waals surface area contributed by atoms with E-state index in [0.29, 0.717) is 0 Å². The van der Waals surface area contributed by atoms with Gasteiger partial charge in [-0.3, -0.25) is 4.98 Å². The van der Waals surface area contributed by atoms with Gasteiger partial charge in [-0.1, -0.05) is 0 Å². The second-order valence-corrected chi connectivity index (χ2v) is 6.33. The summed E-state index contributed by atoms with van der Waals surface area (Å²) in [5.41, 5.74) is -0.857. The number of anilines is 1. The molecule has 10 heteroatoms. The van der Waals surface area contributed by atoms with Crippen molar-refractivity contribution in [3.63, 3.8) is 0 Å². The van der Waals surface area contributed by atoms with Crippen LogP contribution in [0.15, 0.2) is 24.5 Å². The monoisotopic (exact) mass is 362 g/mol. The molecule has 0 saturated heterocycles. The van der Waals surface area contributed by atoms with Gasteiger partial charge < -0.3 is 14.7 Å². The molecular weight excluding hydrogens is 344 g/mol. The molecule has 0 spiro atoms. The molecule has 1 atom stereocenters. The average Bonchev–Trinajstić information content (AvgIpc) is 2.89. The van der Waals surface area contributed by atoms with Gasteiger partial charge in [-0.05, 0) is 26.8 Å². The highest BCUT2D eigenvalue weighted by Gasteiger charge is 2.37. The normalized spacial score (nSPS) is 13.8. The molecule has 1 unspecified atom stereocenters. The number of aliphatic hydroxyl groups is 1. The number of alkyl halides is 3. The SMILES string of the molecule is CN(c1cc(-c2cncc(F)c2)nn1C(F)(F)F)C(O)OC(C)(C)C. The first-order valence-corrected chi connectivity index (χ1v) is 7.25. The molecule has 0 fully saturated rings. The van der Waals surface area contributed by atoms with Gasteiger partial charge in [-0.2, -0.15) is 9.78 Å². The molecule has 0 aromatic carbocycles. The number of aliphatic hydroxyl groups excluding tert-OH is 1. The van der Waals surface area contributed by atoms with Crippen LogP contribution in [0.2, 0.25) is 0 Å². The average molecular weight is 362 g/mol. The van der Waals surface area contributed by atoms with Crippen molar-refractivity contribution in [1.29, 1.82) is 0 Å². The molecule has 25 heavy (non-hydrogen) atoms. The summed E-state index contributed by atoms with van der Waals surface area (Å²) in [6.07, 6.45) is -4.36. The molecule has 0 aliphatic heterocycles. The lowest BCUT2D eigenvalue weighted by atomic mass is 10.2. The molecule has 2 heterocycles. The number of hydrogen-bond donors (Lipinski definition) is 1. The van der Waals surface area contributed by atoms with Crippen molar-refractivity contribution in [1.82, 2.24) is 14.8 Å². The van der Waals surface area contributed by atoms with Gasteiger partial charge in [0.1, 0.15) is 11.6 Å². The molecule has 0 radical (unpaired) electrons. The van der Waals surface area contributed by atoms with Gasteiger partial charge in [-0.25, -0.2) is 4.39 Å². The third-order valence-electron chi connectivity index (χ3n) is 3.08. The summed E-state index contributed by atoms with van der Waals surface area (Å²) in [4.78, 5) is 4.47. The van der Waals surface area contributed by atoms with E-state index in [0.717, 1.165) is 23.2 Å². The third-order valence-corrected chi connectivity index (χ3v) is 3.08. The topological polar surface area (TPSA) is 63.4 Å². The lowest BCUT2D eigenvalue weighted by molar-refractivity contribution is -0.212. The predicted molar refractivity (Wildman–Crippen MR) is 82.0 cm³/mol. The first kappa shape index (κ1) is 19.1. The standard InChI is InChI=1S/C15H18F4N4O2/c1-14(2,3)25-13(24)22(4)12-6-11(21-23(12)15(17,18)19)9-5-10(16)8-20-7-9/h5-8,13,24H,1-4H3. The quantitative estimate of drug-likeness (QED) is 0.669. The van der Waals surface area contributed by atoms with E-state index in [1.165, 1.54) is 13.2 Å². The lowest BCUT2D eigenvalue weighted by Crippen LogP contribution is -2.41. The van der Waals surface area contributed by atoms with Crippen LogP contribution < -0.4 is 4.90 Å². The van der Waals surface area contributed by atoms with Crippen LogP contribution in [0, 0.1) is 5.82 Å².